The lowest BCUT2D eigenvalue weighted by molar-refractivity contribution is 0.664. The predicted octanol–water partition coefficient (Wildman–Crippen LogP) is 18.1. The third-order valence-electron chi connectivity index (χ3n) is 16.0. The van der Waals surface area contributed by atoms with Crippen LogP contribution < -0.4 is 4.90 Å². The Balaban J connectivity index is 0.986. The van der Waals surface area contributed by atoms with Gasteiger partial charge >= 0.3 is 0 Å². The number of hydrogen-bond acceptors (Lipinski definition) is 4. The number of nitrogens with zero attached hydrogens (tertiary/aromatic N) is 1. The molecule has 11 aromatic carbocycles. The number of fused-ring (bicyclic) bond motifs is 18. The van der Waals surface area contributed by atoms with E-state index in [9.17, 15) is 0 Å². The molecule has 0 radical (unpaired) electrons. The van der Waals surface area contributed by atoms with Crippen molar-refractivity contribution in [2.45, 2.75) is 20.6 Å². The van der Waals surface area contributed by atoms with Crippen LogP contribution in [0.25, 0.3) is 66.1 Å². The van der Waals surface area contributed by atoms with E-state index in [1.807, 2.05) is 17.8 Å². The van der Waals surface area contributed by atoms with Gasteiger partial charge < -0.3 is 13.7 Å². The molecule has 4 heteroatoms. The van der Waals surface area contributed by atoms with E-state index in [-0.39, 0.29) is 0 Å². The first-order valence-corrected chi connectivity index (χ1v) is 25.5. The predicted molar refractivity (Wildman–Crippen MR) is 294 cm³/mol. The second-order valence-electron chi connectivity index (χ2n) is 19.4. The zero-order valence-electron chi connectivity index (χ0n) is 38.8. The standard InChI is InChI=1S/C68H41NO2S/c1-3-18-42(19-4-1)67(43-20-5-2-6-21-43)53-25-10-7-22-46(53)48-36-34-45(39-57(48)67)69(44-35-37-61-51(38-44)49-24-9-14-30-60(49)70-61)59-29-17-31-62-66(59)52-40-50-47-23-8-11-26-54(47)68(58(50)41-63(52)71-62)55-27-12-15-32-64(55)72-65-33-16-13-28-56(65)68/h1-41H. The first-order chi connectivity index (χ1) is 35.7. The minimum atomic E-state index is -0.575. The summed E-state index contributed by atoms with van der Waals surface area (Å²) in [6.45, 7) is 0. The van der Waals surface area contributed by atoms with Crippen molar-refractivity contribution in [2.75, 3.05) is 4.90 Å². The second kappa shape index (κ2) is 14.8. The summed E-state index contributed by atoms with van der Waals surface area (Å²) in [5.41, 5.74) is 20.6. The molecule has 0 atom stereocenters. The van der Waals surface area contributed by atoms with Crippen LogP contribution in [0.15, 0.2) is 267 Å². The third-order valence-corrected chi connectivity index (χ3v) is 17.2. The summed E-state index contributed by atoms with van der Waals surface area (Å²) < 4.78 is 13.6. The fraction of sp³-hybridized carbons (Fsp3) is 0.0294. The number of rotatable bonds is 5. The molecule has 0 fully saturated rings. The average Bonchev–Trinajstić information content (AvgIpc) is 4.17. The second-order valence-corrected chi connectivity index (χ2v) is 20.5. The van der Waals surface area contributed by atoms with Gasteiger partial charge in [0.25, 0.3) is 0 Å². The number of para-hydroxylation sites is 1. The van der Waals surface area contributed by atoms with Gasteiger partial charge in [0.2, 0.25) is 0 Å². The maximum atomic E-state index is 7.18. The summed E-state index contributed by atoms with van der Waals surface area (Å²) in [6, 6.07) is 91.6. The Kier molecular flexibility index (Phi) is 8.24. The SMILES string of the molecule is c1ccc(C2(c3ccccc3)c3ccccc3-c3ccc(N(c4ccc5oc6ccccc6c5c4)c4cccc5oc6cc7c(cc6c45)-c4ccccc4C74c5ccccc5Sc5ccccc54)cc32)cc1. The van der Waals surface area contributed by atoms with Crippen molar-refractivity contribution in [1.29, 1.82) is 0 Å². The summed E-state index contributed by atoms with van der Waals surface area (Å²) in [7, 11) is 0. The summed E-state index contributed by atoms with van der Waals surface area (Å²) in [6.07, 6.45) is 0. The lowest BCUT2D eigenvalue weighted by Crippen LogP contribution is -2.31. The third kappa shape index (κ3) is 5.21. The Hall–Kier alpha value is -8.83. The summed E-state index contributed by atoms with van der Waals surface area (Å²) in [4.78, 5) is 5.02. The summed E-state index contributed by atoms with van der Waals surface area (Å²) >= 11 is 1.87. The van der Waals surface area contributed by atoms with Gasteiger partial charge in [0.05, 0.1) is 21.9 Å². The molecule has 0 N–H and O–H groups in total. The number of benzene rings is 11. The number of hydrogen-bond donors (Lipinski definition) is 0. The zero-order chi connectivity index (χ0) is 47.1. The highest BCUT2D eigenvalue weighted by atomic mass is 32.2. The van der Waals surface area contributed by atoms with E-state index in [1.54, 1.807) is 0 Å². The van der Waals surface area contributed by atoms with Crippen LogP contribution in [-0.4, -0.2) is 0 Å². The highest BCUT2D eigenvalue weighted by Crippen LogP contribution is 2.63. The Morgan fingerprint density at radius 2 is 0.833 bits per heavy atom. The molecule has 336 valence electrons. The molecule has 16 rings (SSSR count). The topological polar surface area (TPSA) is 29.5 Å². The number of anilines is 3. The normalized spacial score (nSPS) is 14.3. The van der Waals surface area contributed by atoms with Crippen LogP contribution in [0.3, 0.4) is 0 Å². The molecule has 2 aromatic heterocycles. The maximum Gasteiger partial charge on any atom is 0.137 e. The van der Waals surface area contributed by atoms with E-state index in [2.05, 4.69) is 248 Å². The molecule has 0 saturated carbocycles. The highest BCUT2D eigenvalue weighted by Gasteiger charge is 2.51. The quantitative estimate of drug-likeness (QED) is 0.172. The minimum absolute atomic E-state index is 0.513. The highest BCUT2D eigenvalue weighted by molar-refractivity contribution is 7.99. The van der Waals surface area contributed by atoms with Crippen LogP contribution in [0, 0.1) is 0 Å². The molecule has 3 heterocycles. The molecule has 0 saturated heterocycles. The van der Waals surface area contributed by atoms with Crippen molar-refractivity contribution >= 4 is 72.7 Å². The van der Waals surface area contributed by atoms with Gasteiger partial charge in [-0.15, -0.1) is 0 Å². The summed E-state index contributed by atoms with van der Waals surface area (Å²) in [5.74, 6) is 0. The fourth-order valence-corrected chi connectivity index (χ4v) is 14.4. The fourth-order valence-electron chi connectivity index (χ4n) is 13.2. The van der Waals surface area contributed by atoms with E-state index < -0.39 is 10.8 Å². The van der Waals surface area contributed by atoms with Gasteiger partial charge in [-0.1, -0.05) is 188 Å². The molecule has 2 aliphatic carbocycles. The van der Waals surface area contributed by atoms with Crippen molar-refractivity contribution in [1.82, 2.24) is 0 Å². The van der Waals surface area contributed by atoms with Gasteiger partial charge in [-0.05, 0) is 140 Å². The van der Waals surface area contributed by atoms with Gasteiger partial charge in [0.15, 0.2) is 0 Å². The number of furan rings is 2. The van der Waals surface area contributed by atoms with Crippen molar-refractivity contribution < 1.29 is 8.83 Å². The Morgan fingerprint density at radius 3 is 1.57 bits per heavy atom. The molecular weight excluding hydrogens is 895 g/mol. The van der Waals surface area contributed by atoms with E-state index in [1.165, 1.54) is 76.6 Å². The Bertz CT molecular complexity index is 4310. The van der Waals surface area contributed by atoms with Crippen molar-refractivity contribution in [3.8, 4) is 22.3 Å². The van der Waals surface area contributed by atoms with Crippen LogP contribution in [0.4, 0.5) is 17.1 Å². The monoisotopic (exact) mass is 935 g/mol. The molecule has 13 aromatic rings. The molecule has 3 nitrogen and oxygen atoms in total. The van der Waals surface area contributed by atoms with Gasteiger partial charge in [0, 0.05) is 37.3 Å². The van der Waals surface area contributed by atoms with E-state index in [4.69, 9.17) is 8.83 Å². The van der Waals surface area contributed by atoms with Crippen molar-refractivity contribution in [2.24, 2.45) is 0 Å². The van der Waals surface area contributed by atoms with Crippen LogP contribution in [0.2, 0.25) is 0 Å². The maximum absolute atomic E-state index is 7.18. The van der Waals surface area contributed by atoms with Crippen LogP contribution in [0.5, 0.6) is 0 Å². The molecule has 1 spiro atoms. The molecule has 72 heavy (non-hydrogen) atoms. The average molecular weight is 936 g/mol. The minimum Gasteiger partial charge on any atom is -0.456 e. The molecule has 0 unspecified atom stereocenters. The van der Waals surface area contributed by atoms with Crippen molar-refractivity contribution in [3.63, 3.8) is 0 Å². The lowest BCUT2D eigenvalue weighted by Gasteiger charge is -2.39. The van der Waals surface area contributed by atoms with Crippen LogP contribution in [0.1, 0.15) is 44.5 Å². The smallest absolute Gasteiger partial charge is 0.137 e. The lowest BCUT2D eigenvalue weighted by atomic mass is 9.67. The van der Waals surface area contributed by atoms with Crippen molar-refractivity contribution in [3.05, 3.63) is 293 Å². The van der Waals surface area contributed by atoms with Crippen LogP contribution in [-0.2, 0) is 10.8 Å². The van der Waals surface area contributed by atoms with E-state index in [0.29, 0.717) is 0 Å². The molecule has 1 aliphatic heterocycles. The first kappa shape index (κ1) is 40.0. The molecule has 3 aliphatic rings. The Labute approximate surface area is 420 Å². The first-order valence-electron chi connectivity index (χ1n) is 24.7. The van der Waals surface area contributed by atoms with Gasteiger partial charge in [-0.2, -0.15) is 0 Å². The van der Waals surface area contributed by atoms with Gasteiger partial charge in [-0.25, -0.2) is 0 Å². The molecular formula is C68H41NO2S. The van der Waals surface area contributed by atoms with Gasteiger partial charge in [0.1, 0.15) is 22.3 Å². The van der Waals surface area contributed by atoms with E-state index in [0.717, 1.165) is 60.9 Å². The zero-order valence-corrected chi connectivity index (χ0v) is 39.7. The molecule has 0 bridgehead atoms. The molecule has 0 amide bonds. The van der Waals surface area contributed by atoms with Gasteiger partial charge in [-0.3, -0.25) is 0 Å². The summed E-state index contributed by atoms with van der Waals surface area (Å²) in [5, 5.41) is 4.30. The van der Waals surface area contributed by atoms with Crippen LogP contribution >= 0.6 is 11.8 Å². The largest absolute Gasteiger partial charge is 0.456 e. The Morgan fingerprint density at radius 1 is 0.306 bits per heavy atom. The van der Waals surface area contributed by atoms with E-state index >= 15 is 0 Å².